The highest BCUT2D eigenvalue weighted by atomic mass is 32.2. The van der Waals surface area contributed by atoms with Crippen LogP contribution in [0.15, 0.2) is 6.33 Å². The van der Waals surface area contributed by atoms with Crippen LogP contribution in [-0.4, -0.2) is 54.8 Å². The number of rotatable bonds is 3. The van der Waals surface area contributed by atoms with Crippen molar-refractivity contribution in [1.29, 1.82) is 0 Å². The Morgan fingerprint density at radius 2 is 2.09 bits per heavy atom. The van der Waals surface area contributed by atoms with E-state index in [4.69, 9.17) is 0 Å². The van der Waals surface area contributed by atoms with Gasteiger partial charge < -0.3 is 5.32 Å². The van der Waals surface area contributed by atoms with Gasteiger partial charge in [-0.3, -0.25) is 0 Å². The van der Waals surface area contributed by atoms with Gasteiger partial charge >= 0.3 is 0 Å². The van der Waals surface area contributed by atoms with Gasteiger partial charge in [0.15, 0.2) is 0 Å². The first-order chi connectivity index (χ1) is 10.5. The Bertz CT molecular complexity index is 644. The number of nitrogens with zero attached hydrogens (tertiary/aromatic N) is 3. The molecule has 8 heteroatoms. The summed E-state index contributed by atoms with van der Waals surface area (Å²) in [7, 11) is -3.11. The summed E-state index contributed by atoms with van der Waals surface area (Å²) in [5, 5.41) is 3.18. The van der Waals surface area contributed by atoms with Crippen molar-refractivity contribution in [2.24, 2.45) is 0 Å². The second kappa shape index (κ2) is 6.17. The Morgan fingerprint density at radius 3 is 2.73 bits per heavy atom. The van der Waals surface area contributed by atoms with E-state index in [1.807, 2.05) is 0 Å². The fourth-order valence-corrected chi connectivity index (χ4v) is 4.18. The Hall–Kier alpha value is -1.12. The molecular formula is C14H21FN4O2S. The smallest absolute Gasteiger partial charge is 0.211 e. The minimum Gasteiger partial charge on any atom is -0.307 e. The van der Waals surface area contributed by atoms with E-state index in [0.29, 0.717) is 26.1 Å². The third kappa shape index (κ3) is 3.13. The molecule has 122 valence electrons. The van der Waals surface area contributed by atoms with E-state index in [2.05, 4.69) is 15.3 Å². The second-order valence-electron chi connectivity index (χ2n) is 6.06. The minimum atomic E-state index is -3.11. The van der Waals surface area contributed by atoms with Crippen LogP contribution in [0.25, 0.3) is 0 Å². The maximum absolute atomic E-state index is 12.8. The van der Waals surface area contributed by atoms with Gasteiger partial charge in [0.25, 0.3) is 0 Å². The van der Waals surface area contributed by atoms with E-state index in [9.17, 15) is 12.8 Å². The molecule has 0 amide bonds. The Morgan fingerprint density at radius 1 is 1.36 bits per heavy atom. The van der Waals surface area contributed by atoms with E-state index in [1.165, 1.54) is 10.6 Å². The van der Waals surface area contributed by atoms with Gasteiger partial charge in [-0.25, -0.2) is 27.1 Å². The summed E-state index contributed by atoms with van der Waals surface area (Å²) in [6.45, 7) is 1.25. The molecule has 0 aliphatic carbocycles. The zero-order valence-corrected chi connectivity index (χ0v) is 13.4. The number of fused-ring (bicyclic) bond motifs is 1. The molecule has 1 N–H and O–H groups in total. The fraction of sp³-hybridized carbons (Fsp3) is 0.714. The van der Waals surface area contributed by atoms with E-state index >= 15 is 0 Å². The maximum atomic E-state index is 12.8. The molecule has 2 aliphatic rings. The molecule has 0 saturated carbocycles. The van der Waals surface area contributed by atoms with Crippen LogP contribution in [-0.2, 0) is 23.0 Å². The first-order valence-corrected chi connectivity index (χ1v) is 9.41. The molecule has 2 aliphatic heterocycles. The molecule has 1 aromatic rings. The number of piperidine rings is 1. The van der Waals surface area contributed by atoms with Crippen LogP contribution in [0.4, 0.5) is 4.39 Å². The standard InChI is InChI=1S/C14H21FN4O2S/c1-22(20,21)19-4-2-10(3-5-19)14-12-8-16-11(7-15)6-13(12)17-9-18-14/h9-11,16H,2-8H2,1H3. The van der Waals surface area contributed by atoms with Gasteiger partial charge in [-0.15, -0.1) is 0 Å². The molecule has 22 heavy (non-hydrogen) atoms. The van der Waals surface area contributed by atoms with Crippen LogP contribution in [0.1, 0.15) is 35.7 Å². The molecule has 6 nitrogen and oxygen atoms in total. The van der Waals surface area contributed by atoms with Crippen LogP contribution in [0.3, 0.4) is 0 Å². The Balaban J connectivity index is 1.77. The average Bonchev–Trinajstić information content (AvgIpc) is 2.53. The second-order valence-corrected chi connectivity index (χ2v) is 8.04. The van der Waals surface area contributed by atoms with Crippen molar-refractivity contribution in [3.05, 3.63) is 23.3 Å². The molecule has 1 unspecified atom stereocenters. The SMILES string of the molecule is CS(=O)(=O)N1CCC(c2ncnc3c2CNC(CF)C3)CC1. The van der Waals surface area contributed by atoms with Crippen molar-refractivity contribution in [3.8, 4) is 0 Å². The molecule has 0 spiro atoms. The Labute approximate surface area is 130 Å². The summed E-state index contributed by atoms with van der Waals surface area (Å²) in [6, 6.07) is -0.165. The molecule has 0 bridgehead atoms. The lowest BCUT2D eigenvalue weighted by Crippen LogP contribution is -2.40. The predicted octanol–water partition coefficient (Wildman–Crippen LogP) is 0.599. The van der Waals surface area contributed by atoms with Crippen molar-refractivity contribution >= 4 is 10.0 Å². The van der Waals surface area contributed by atoms with Gasteiger partial charge in [-0.1, -0.05) is 0 Å². The summed E-state index contributed by atoms with van der Waals surface area (Å²) >= 11 is 0. The van der Waals surface area contributed by atoms with E-state index in [0.717, 1.165) is 29.8 Å². The van der Waals surface area contributed by atoms with Crippen LogP contribution in [0.5, 0.6) is 0 Å². The third-order valence-corrected chi connectivity index (χ3v) is 5.87. The van der Waals surface area contributed by atoms with E-state index in [-0.39, 0.29) is 12.0 Å². The van der Waals surface area contributed by atoms with Crippen molar-refractivity contribution in [2.45, 2.75) is 37.8 Å². The number of sulfonamides is 1. The molecule has 0 radical (unpaired) electrons. The fourth-order valence-electron chi connectivity index (χ4n) is 3.31. The van der Waals surface area contributed by atoms with Crippen LogP contribution in [0, 0.1) is 0 Å². The number of nitrogens with one attached hydrogen (secondary N) is 1. The topological polar surface area (TPSA) is 75.2 Å². The lowest BCUT2D eigenvalue weighted by molar-refractivity contribution is 0.314. The summed E-state index contributed by atoms with van der Waals surface area (Å²) in [5.41, 5.74) is 3.00. The molecule has 1 atom stereocenters. The quantitative estimate of drug-likeness (QED) is 0.879. The van der Waals surface area contributed by atoms with Gasteiger partial charge in [0, 0.05) is 43.6 Å². The number of halogens is 1. The van der Waals surface area contributed by atoms with Gasteiger partial charge in [0.1, 0.15) is 13.0 Å². The summed E-state index contributed by atoms with van der Waals surface area (Å²) in [6.07, 6.45) is 4.92. The first kappa shape index (κ1) is 15.8. The van der Waals surface area contributed by atoms with Crippen molar-refractivity contribution in [1.82, 2.24) is 19.6 Å². The normalized spacial score (nSPS) is 24.2. The first-order valence-electron chi connectivity index (χ1n) is 7.56. The van der Waals surface area contributed by atoms with Crippen LogP contribution < -0.4 is 5.32 Å². The third-order valence-electron chi connectivity index (χ3n) is 4.57. The summed E-state index contributed by atoms with van der Waals surface area (Å²) in [5.74, 6) is 0.249. The van der Waals surface area contributed by atoms with Gasteiger partial charge in [-0.2, -0.15) is 0 Å². The average molecular weight is 328 g/mol. The zero-order valence-electron chi connectivity index (χ0n) is 12.6. The van der Waals surface area contributed by atoms with Crippen LogP contribution >= 0.6 is 0 Å². The Kier molecular flexibility index (Phi) is 4.42. The highest BCUT2D eigenvalue weighted by Gasteiger charge is 2.30. The number of hydrogen-bond donors (Lipinski definition) is 1. The van der Waals surface area contributed by atoms with Gasteiger partial charge in [-0.05, 0) is 12.8 Å². The monoisotopic (exact) mass is 328 g/mol. The lowest BCUT2D eigenvalue weighted by Gasteiger charge is -2.32. The molecule has 0 aromatic carbocycles. The largest absolute Gasteiger partial charge is 0.307 e. The summed E-state index contributed by atoms with van der Waals surface area (Å²) < 4.78 is 37.5. The summed E-state index contributed by atoms with van der Waals surface area (Å²) in [4.78, 5) is 8.74. The molecule has 1 aromatic heterocycles. The van der Waals surface area contributed by atoms with Crippen molar-refractivity contribution in [2.75, 3.05) is 26.0 Å². The number of alkyl halides is 1. The molecule has 3 rings (SSSR count). The highest BCUT2D eigenvalue weighted by molar-refractivity contribution is 7.88. The molecular weight excluding hydrogens is 307 g/mol. The van der Waals surface area contributed by atoms with Crippen LogP contribution in [0.2, 0.25) is 0 Å². The molecule has 3 heterocycles. The van der Waals surface area contributed by atoms with E-state index < -0.39 is 16.7 Å². The number of aromatic nitrogens is 2. The number of hydrogen-bond acceptors (Lipinski definition) is 5. The van der Waals surface area contributed by atoms with Crippen molar-refractivity contribution < 1.29 is 12.8 Å². The lowest BCUT2D eigenvalue weighted by atomic mass is 9.88. The maximum Gasteiger partial charge on any atom is 0.211 e. The van der Waals surface area contributed by atoms with Gasteiger partial charge in [0.2, 0.25) is 10.0 Å². The molecule has 1 fully saturated rings. The minimum absolute atomic E-state index is 0.165. The van der Waals surface area contributed by atoms with Crippen molar-refractivity contribution in [3.63, 3.8) is 0 Å². The van der Waals surface area contributed by atoms with E-state index in [1.54, 1.807) is 6.33 Å². The van der Waals surface area contributed by atoms with Gasteiger partial charge in [0.05, 0.1) is 17.6 Å². The predicted molar refractivity (Wildman–Crippen MR) is 80.7 cm³/mol. The highest BCUT2D eigenvalue weighted by Crippen LogP contribution is 2.31. The zero-order chi connectivity index (χ0) is 15.7. The molecule has 1 saturated heterocycles.